The number of imidazole rings is 1. The zero-order chi connectivity index (χ0) is 20.5. The van der Waals surface area contributed by atoms with E-state index < -0.39 is 0 Å². The SMILES string of the molecule is Cc1ccc(-n2ncc(N3CCN(Cc4nccn4C)CC3)c(Cl)c2=O)cc1Cl. The van der Waals surface area contributed by atoms with Crippen molar-refractivity contribution in [1.29, 1.82) is 0 Å². The van der Waals surface area contributed by atoms with Gasteiger partial charge in [-0.25, -0.2) is 4.98 Å². The van der Waals surface area contributed by atoms with E-state index in [2.05, 4.69) is 19.9 Å². The Balaban J connectivity index is 1.50. The van der Waals surface area contributed by atoms with Crippen LogP contribution in [0.3, 0.4) is 0 Å². The van der Waals surface area contributed by atoms with Crippen LogP contribution in [0.1, 0.15) is 11.4 Å². The Morgan fingerprint density at radius 3 is 2.55 bits per heavy atom. The second kappa shape index (κ2) is 8.18. The second-order valence-corrected chi connectivity index (χ2v) is 8.00. The van der Waals surface area contributed by atoms with Gasteiger partial charge in [-0.15, -0.1) is 0 Å². The van der Waals surface area contributed by atoms with Gasteiger partial charge >= 0.3 is 0 Å². The van der Waals surface area contributed by atoms with E-state index in [4.69, 9.17) is 23.2 Å². The first-order valence-corrected chi connectivity index (χ1v) is 10.2. The average Bonchev–Trinajstić information content (AvgIpc) is 3.11. The molecule has 1 aromatic carbocycles. The Morgan fingerprint density at radius 2 is 1.90 bits per heavy atom. The molecule has 1 aliphatic rings. The molecule has 1 aliphatic heterocycles. The summed E-state index contributed by atoms with van der Waals surface area (Å²) in [5.74, 6) is 1.04. The standard InChI is InChI=1S/C20H22Cl2N6O/c1-14-3-4-15(11-16(14)21)28-20(29)19(22)17(12-24-28)27-9-7-26(8-10-27)13-18-23-5-6-25(18)2/h3-6,11-12H,7-10,13H2,1-2H3. The predicted octanol–water partition coefficient (Wildman–Crippen LogP) is 2.90. The lowest BCUT2D eigenvalue weighted by Crippen LogP contribution is -2.46. The molecular weight excluding hydrogens is 411 g/mol. The van der Waals surface area contributed by atoms with Gasteiger partial charge in [0.15, 0.2) is 0 Å². The van der Waals surface area contributed by atoms with Gasteiger partial charge < -0.3 is 9.47 Å². The van der Waals surface area contributed by atoms with E-state index >= 15 is 0 Å². The third-order valence-electron chi connectivity index (χ3n) is 5.30. The number of nitrogens with zero attached hydrogens (tertiary/aromatic N) is 6. The van der Waals surface area contributed by atoms with Crippen molar-refractivity contribution in [3.8, 4) is 5.69 Å². The molecule has 1 fully saturated rings. The molecule has 0 bridgehead atoms. The van der Waals surface area contributed by atoms with Crippen molar-refractivity contribution >= 4 is 28.9 Å². The molecule has 0 N–H and O–H groups in total. The average molecular weight is 433 g/mol. The molecule has 3 heterocycles. The van der Waals surface area contributed by atoms with Crippen molar-refractivity contribution in [3.63, 3.8) is 0 Å². The summed E-state index contributed by atoms with van der Waals surface area (Å²) in [5.41, 5.74) is 1.86. The third kappa shape index (κ3) is 4.03. The minimum atomic E-state index is -0.348. The minimum Gasteiger partial charge on any atom is -0.366 e. The summed E-state index contributed by atoms with van der Waals surface area (Å²) in [6.45, 7) is 5.97. The van der Waals surface area contributed by atoms with Crippen molar-refractivity contribution in [3.05, 3.63) is 68.6 Å². The first-order chi connectivity index (χ1) is 13.9. The van der Waals surface area contributed by atoms with Crippen LogP contribution in [0.15, 0.2) is 41.6 Å². The van der Waals surface area contributed by atoms with Crippen molar-refractivity contribution in [2.75, 3.05) is 31.1 Å². The Morgan fingerprint density at radius 1 is 1.14 bits per heavy atom. The highest BCUT2D eigenvalue weighted by Gasteiger charge is 2.22. The monoisotopic (exact) mass is 432 g/mol. The van der Waals surface area contributed by atoms with E-state index in [-0.39, 0.29) is 10.6 Å². The molecule has 7 nitrogen and oxygen atoms in total. The minimum absolute atomic E-state index is 0.175. The number of halogens is 2. The van der Waals surface area contributed by atoms with E-state index in [0.29, 0.717) is 16.4 Å². The Bertz CT molecular complexity index is 1080. The maximum atomic E-state index is 12.8. The summed E-state index contributed by atoms with van der Waals surface area (Å²) in [6, 6.07) is 5.38. The molecule has 0 atom stereocenters. The first kappa shape index (κ1) is 19.9. The lowest BCUT2D eigenvalue weighted by atomic mass is 10.2. The van der Waals surface area contributed by atoms with Gasteiger partial charge in [-0.2, -0.15) is 9.78 Å². The number of aryl methyl sites for hydroxylation is 2. The highest BCUT2D eigenvalue weighted by Crippen LogP contribution is 2.24. The Hall–Kier alpha value is -2.35. The van der Waals surface area contributed by atoms with Gasteiger partial charge in [0, 0.05) is 50.6 Å². The lowest BCUT2D eigenvalue weighted by Gasteiger charge is -2.36. The summed E-state index contributed by atoms with van der Waals surface area (Å²) >= 11 is 12.6. The van der Waals surface area contributed by atoms with Gasteiger partial charge in [-0.1, -0.05) is 29.3 Å². The van der Waals surface area contributed by atoms with Crippen LogP contribution >= 0.6 is 23.2 Å². The molecule has 152 valence electrons. The predicted molar refractivity (Wildman–Crippen MR) is 115 cm³/mol. The summed E-state index contributed by atoms with van der Waals surface area (Å²) in [4.78, 5) is 21.7. The molecule has 2 aromatic heterocycles. The fourth-order valence-corrected chi connectivity index (χ4v) is 3.86. The van der Waals surface area contributed by atoms with E-state index in [1.54, 1.807) is 12.3 Å². The third-order valence-corrected chi connectivity index (χ3v) is 6.06. The van der Waals surface area contributed by atoms with Crippen LogP contribution in [-0.2, 0) is 13.6 Å². The number of piperazine rings is 1. The maximum Gasteiger partial charge on any atom is 0.292 e. The molecule has 0 amide bonds. The number of anilines is 1. The van der Waals surface area contributed by atoms with Crippen LogP contribution < -0.4 is 10.5 Å². The lowest BCUT2D eigenvalue weighted by molar-refractivity contribution is 0.241. The smallest absolute Gasteiger partial charge is 0.292 e. The molecule has 3 aromatic rings. The van der Waals surface area contributed by atoms with Gasteiger partial charge in [0.1, 0.15) is 10.8 Å². The number of rotatable bonds is 4. The van der Waals surface area contributed by atoms with Crippen LogP contribution in [0.2, 0.25) is 10.0 Å². The molecule has 0 aliphatic carbocycles. The fourth-order valence-electron chi connectivity index (χ4n) is 3.44. The molecule has 0 spiro atoms. The number of hydrogen-bond acceptors (Lipinski definition) is 5. The molecule has 1 saturated heterocycles. The Labute approximate surface area is 179 Å². The molecule has 0 saturated carbocycles. The van der Waals surface area contributed by atoms with E-state index in [1.165, 1.54) is 4.68 Å². The second-order valence-electron chi connectivity index (χ2n) is 7.21. The zero-order valence-corrected chi connectivity index (χ0v) is 17.9. The van der Waals surface area contributed by atoms with Crippen molar-refractivity contribution in [1.82, 2.24) is 24.2 Å². The quantitative estimate of drug-likeness (QED) is 0.634. The molecule has 29 heavy (non-hydrogen) atoms. The van der Waals surface area contributed by atoms with Gasteiger partial charge in [-0.05, 0) is 24.6 Å². The van der Waals surface area contributed by atoms with Crippen LogP contribution in [0.5, 0.6) is 0 Å². The van der Waals surface area contributed by atoms with Gasteiger partial charge in [-0.3, -0.25) is 9.69 Å². The Kier molecular flexibility index (Phi) is 5.63. The van der Waals surface area contributed by atoms with Gasteiger partial charge in [0.2, 0.25) is 0 Å². The van der Waals surface area contributed by atoms with Gasteiger partial charge in [0.25, 0.3) is 5.56 Å². The van der Waals surface area contributed by atoms with Crippen molar-refractivity contribution < 1.29 is 0 Å². The molecule has 0 unspecified atom stereocenters. The molecule has 4 rings (SSSR count). The van der Waals surface area contributed by atoms with Crippen molar-refractivity contribution in [2.24, 2.45) is 7.05 Å². The number of benzene rings is 1. The maximum absolute atomic E-state index is 12.8. The molecular formula is C20H22Cl2N6O. The number of hydrogen-bond donors (Lipinski definition) is 0. The first-order valence-electron chi connectivity index (χ1n) is 9.42. The highest BCUT2D eigenvalue weighted by molar-refractivity contribution is 6.33. The van der Waals surface area contributed by atoms with E-state index in [9.17, 15) is 4.79 Å². The fraction of sp³-hybridized carbons (Fsp3) is 0.350. The van der Waals surface area contributed by atoms with E-state index in [1.807, 2.05) is 43.1 Å². The summed E-state index contributed by atoms with van der Waals surface area (Å²) < 4.78 is 3.32. The van der Waals surface area contributed by atoms with Crippen molar-refractivity contribution in [2.45, 2.75) is 13.5 Å². The highest BCUT2D eigenvalue weighted by atomic mass is 35.5. The number of aromatic nitrogens is 4. The normalized spacial score (nSPS) is 15.1. The van der Waals surface area contributed by atoms with Gasteiger partial charge in [0.05, 0.1) is 24.1 Å². The topological polar surface area (TPSA) is 59.2 Å². The summed E-state index contributed by atoms with van der Waals surface area (Å²) in [7, 11) is 2.00. The molecule has 9 heteroatoms. The summed E-state index contributed by atoms with van der Waals surface area (Å²) in [5, 5.41) is 5.10. The van der Waals surface area contributed by atoms with Crippen LogP contribution in [-0.4, -0.2) is 50.4 Å². The summed E-state index contributed by atoms with van der Waals surface area (Å²) in [6.07, 6.45) is 5.42. The largest absolute Gasteiger partial charge is 0.366 e. The zero-order valence-electron chi connectivity index (χ0n) is 16.3. The van der Waals surface area contributed by atoms with Crippen LogP contribution in [0.25, 0.3) is 5.69 Å². The van der Waals surface area contributed by atoms with Crippen LogP contribution in [0.4, 0.5) is 5.69 Å². The van der Waals surface area contributed by atoms with E-state index in [0.717, 1.165) is 44.1 Å². The molecule has 0 radical (unpaired) electrons. The van der Waals surface area contributed by atoms with Crippen LogP contribution in [0, 0.1) is 6.92 Å².